The fraction of sp³-hybridized carbons (Fsp3) is 0.300. The summed E-state index contributed by atoms with van der Waals surface area (Å²) in [5, 5.41) is 5.46. The highest BCUT2D eigenvalue weighted by Gasteiger charge is 2.26. The summed E-state index contributed by atoms with van der Waals surface area (Å²) in [5.41, 5.74) is 1.70. The Balaban J connectivity index is 1.38. The number of morpholine rings is 1. The Morgan fingerprint density at radius 1 is 1.10 bits per heavy atom. The van der Waals surface area contributed by atoms with Gasteiger partial charge in [0, 0.05) is 25.2 Å². The lowest BCUT2D eigenvalue weighted by molar-refractivity contribution is -0.118. The molecular weight excluding hydrogens is 410 g/mol. The molecule has 2 N–H and O–H groups in total. The van der Waals surface area contributed by atoms with E-state index in [1.807, 2.05) is 0 Å². The third-order valence-electron chi connectivity index (χ3n) is 4.86. The maximum atomic E-state index is 12.6. The molecule has 0 unspecified atom stereocenters. The molecule has 2 amide bonds. The minimum atomic E-state index is -3.54. The molecule has 0 saturated carbocycles. The van der Waals surface area contributed by atoms with Crippen molar-refractivity contribution in [2.75, 3.05) is 38.2 Å². The quantitative estimate of drug-likeness (QED) is 0.729. The number of hydrogen-bond acceptors (Lipinski definition) is 6. The maximum Gasteiger partial charge on any atom is 0.262 e. The summed E-state index contributed by atoms with van der Waals surface area (Å²) >= 11 is 0. The molecule has 2 heterocycles. The molecule has 0 aliphatic carbocycles. The first-order valence-corrected chi connectivity index (χ1v) is 10.9. The number of anilines is 1. The van der Waals surface area contributed by atoms with Crippen LogP contribution in [0.15, 0.2) is 47.4 Å². The van der Waals surface area contributed by atoms with E-state index in [0.717, 1.165) is 5.56 Å². The SMILES string of the molecule is O=C1COc2cc(C(=O)NCc3ccc(S(=O)(=O)N4CCOCC4)cc3)ccc2N1. The van der Waals surface area contributed by atoms with Crippen molar-refractivity contribution in [1.29, 1.82) is 0 Å². The van der Waals surface area contributed by atoms with Crippen molar-refractivity contribution in [3.05, 3.63) is 53.6 Å². The Kier molecular flexibility index (Phi) is 5.71. The smallest absolute Gasteiger partial charge is 0.262 e. The molecule has 0 radical (unpaired) electrons. The van der Waals surface area contributed by atoms with Crippen molar-refractivity contribution in [2.24, 2.45) is 0 Å². The van der Waals surface area contributed by atoms with Gasteiger partial charge in [-0.15, -0.1) is 0 Å². The molecule has 30 heavy (non-hydrogen) atoms. The molecule has 2 aliphatic rings. The summed E-state index contributed by atoms with van der Waals surface area (Å²) in [6.07, 6.45) is 0. The molecule has 0 atom stereocenters. The van der Waals surface area contributed by atoms with Gasteiger partial charge in [0.05, 0.1) is 23.8 Å². The molecule has 158 valence electrons. The van der Waals surface area contributed by atoms with E-state index in [4.69, 9.17) is 9.47 Å². The predicted molar refractivity (Wildman–Crippen MR) is 108 cm³/mol. The number of benzene rings is 2. The van der Waals surface area contributed by atoms with Crippen molar-refractivity contribution < 1.29 is 27.5 Å². The summed E-state index contributed by atoms with van der Waals surface area (Å²) in [7, 11) is -3.54. The molecule has 0 spiro atoms. The molecule has 2 aliphatic heterocycles. The van der Waals surface area contributed by atoms with Crippen LogP contribution in [0.25, 0.3) is 0 Å². The van der Waals surface area contributed by atoms with E-state index in [-0.39, 0.29) is 29.9 Å². The lowest BCUT2D eigenvalue weighted by Crippen LogP contribution is -2.40. The minimum absolute atomic E-state index is 0.0855. The number of hydrogen-bond donors (Lipinski definition) is 2. The standard InChI is InChI=1S/C20H21N3O6S/c24-19-13-29-18-11-15(3-6-17(18)22-19)20(25)21-12-14-1-4-16(5-2-14)30(26,27)23-7-9-28-10-8-23/h1-6,11H,7-10,12-13H2,(H,21,25)(H,22,24). The van der Waals surface area contributed by atoms with Gasteiger partial charge >= 0.3 is 0 Å². The molecule has 0 bridgehead atoms. The minimum Gasteiger partial charge on any atom is -0.482 e. The van der Waals surface area contributed by atoms with Gasteiger partial charge in [-0.3, -0.25) is 9.59 Å². The van der Waals surface area contributed by atoms with Gasteiger partial charge in [0.15, 0.2) is 6.61 Å². The summed E-state index contributed by atoms with van der Waals surface area (Å²) < 4.78 is 37.2. The third kappa shape index (κ3) is 4.30. The maximum absolute atomic E-state index is 12.6. The molecule has 2 aromatic rings. The van der Waals surface area contributed by atoms with Crippen LogP contribution in [-0.4, -0.2) is 57.4 Å². The first-order chi connectivity index (χ1) is 14.4. The van der Waals surface area contributed by atoms with Gasteiger partial charge in [-0.2, -0.15) is 4.31 Å². The van der Waals surface area contributed by atoms with Gasteiger partial charge in [-0.25, -0.2) is 8.42 Å². The fourth-order valence-electron chi connectivity index (χ4n) is 3.22. The van der Waals surface area contributed by atoms with Crippen LogP contribution in [0, 0.1) is 0 Å². The average molecular weight is 431 g/mol. The number of sulfonamides is 1. The largest absolute Gasteiger partial charge is 0.482 e. The van der Waals surface area contributed by atoms with Gasteiger partial charge in [0.25, 0.3) is 11.8 Å². The zero-order chi connectivity index (χ0) is 21.1. The Hall–Kier alpha value is -2.95. The number of carbonyl (C=O) groups is 2. The predicted octanol–water partition coefficient (Wildman–Crippen LogP) is 0.968. The third-order valence-corrected chi connectivity index (χ3v) is 6.77. The molecule has 9 nitrogen and oxygen atoms in total. The first kappa shape index (κ1) is 20.3. The van der Waals surface area contributed by atoms with Crippen molar-refractivity contribution in [3.63, 3.8) is 0 Å². The van der Waals surface area contributed by atoms with E-state index < -0.39 is 10.0 Å². The van der Waals surface area contributed by atoms with Crippen molar-refractivity contribution in [3.8, 4) is 5.75 Å². The Morgan fingerprint density at radius 2 is 1.83 bits per heavy atom. The Bertz CT molecular complexity index is 1060. The second-order valence-corrected chi connectivity index (χ2v) is 8.83. The zero-order valence-electron chi connectivity index (χ0n) is 16.1. The lowest BCUT2D eigenvalue weighted by Gasteiger charge is -2.26. The summed E-state index contributed by atoms with van der Waals surface area (Å²) in [6.45, 7) is 1.62. The van der Waals surface area contributed by atoms with Gasteiger partial charge < -0.3 is 20.1 Å². The summed E-state index contributed by atoms with van der Waals surface area (Å²) in [6, 6.07) is 11.2. The molecule has 1 fully saturated rings. The van der Waals surface area contributed by atoms with Crippen LogP contribution in [0.2, 0.25) is 0 Å². The van der Waals surface area contributed by atoms with E-state index in [1.165, 1.54) is 4.31 Å². The topological polar surface area (TPSA) is 114 Å². The van der Waals surface area contributed by atoms with E-state index in [0.29, 0.717) is 43.3 Å². The highest BCUT2D eigenvalue weighted by molar-refractivity contribution is 7.89. The van der Waals surface area contributed by atoms with E-state index in [9.17, 15) is 18.0 Å². The van der Waals surface area contributed by atoms with E-state index in [1.54, 1.807) is 42.5 Å². The zero-order valence-corrected chi connectivity index (χ0v) is 16.9. The monoisotopic (exact) mass is 431 g/mol. The molecular formula is C20H21N3O6S. The van der Waals surface area contributed by atoms with Crippen LogP contribution < -0.4 is 15.4 Å². The number of fused-ring (bicyclic) bond motifs is 1. The van der Waals surface area contributed by atoms with Gasteiger partial charge in [0.2, 0.25) is 10.0 Å². The van der Waals surface area contributed by atoms with Crippen molar-refractivity contribution in [2.45, 2.75) is 11.4 Å². The van der Waals surface area contributed by atoms with Crippen LogP contribution >= 0.6 is 0 Å². The molecule has 10 heteroatoms. The number of carbonyl (C=O) groups excluding carboxylic acids is 2. The molecule has 2 aromatic carbocycles. The number of rotatable bonds is 5. The first-order valence-electron chi connectivity index (χ1n) is 9.45. The highest BCUT2D eigenvalue weighted by atomic mass is 32.2. The van der Waals surface area contributed by atoms with Crippen LogP contribution in [0.4, 0.5) is 5.69 Å². The molecule has 0 aromatic heterocycles. The van der Waals surface area contributed by atoms with Crippen molar-refractivity contribution in [1.82, 2.24) is 9.62 Å². The van der Waals surface area contributed by atoms with Gasteiger partial charge in [0.1, 0.15) is 5.75 Å². The summed E-state index contributed by atoms with van der Waals surface area (Å²) in [4.78, 5) is 24.0. The average Bonchev–Trinajstić information content (AvgIpc) is 2.78. The fourth-order valence-corrected chi connectivity index (χ4v) is 4.62. The Morgan fingerprint density at radius 3 is 2.57 bits per heavy atom. The van der Waals surface area contributed by atoms with Crippen LogP contribution in [0.1, 0.15) is 15.9 Å². The normalized spacial score (nSPS) is 16.9. The van der Waals surface area contributed by atoms with Crippen LogP contribution in [0.3, 0.4) is 0 Å². The van der Waals surface area contributed by atoms with E-state index in [2.05, 4.69) is 10.6 Å². The number of amides is 2. The Labute approximate surface area is 174 Å². The number of nitrogens with one attached hydrogen (secondary N) is 2. The van der Waals surface area contributed by atoms with Gasteiger partial charge in [-0.05, 0) is 35.9 Å². The second-order valence-electron chi connectivity index (χ2n) is 6.89. The lowest BCUT2D eigenvalue weighted by atomic mass is 10.1. The number of ether oxygens (including phenoxy) is 2. The highest BCUT2D eigenvalue weighted by Crippen LogP contribution is 2.28. The number of nitrogens with zero attached hydrogens (tertiary/aromatic N) is 1. The van der Waals surface area contributed by atoms with Crippen LogP contribution in [0.5, 0.6) is 5.75 Å². The molecule has 4 rings (SSSR count). The summed E-state index contributed by atoms with van der Waals surface area (Å²) in [5.74, 6) is -0.0954. The van der Waals surface area contributed by atoms with E-state index >= 15 is 0 Å². The van der Waals surface area contributed by atoms with Gasteiger partial charge in [-0.1, -0.05) is 12.1 Å². The van der Waals surface area contributed by atoms with Crippen LogP contribution in [-0.2, 0) is 26.1 Å². The second kappa shape index (κ2) is 8.42. The molecule has 1 saturated heterocycles. The van der Waals surface area contributed by atoms with Crippen molar-refractivity contribution >= 4 is 27.5 Å².